The van der Waals surface area contributed by atoms with E-state index in [1.165, 1.54) is 9.21 Å². The molecule has 9 heteroatoms. The van der Waals surface area contributed by atoms with Crippen molar-refractivity contribution in [3.8, 4) is 0 Å². The van der Waals surface area contributed by atoms with Crippen LogP contribution in [0.4, 0.5) is 4.79 Å². The van der Waals surface area contributed by atoms with Crippen molar-refractivity contribution < 1.29 is 18.0 Å². The molecule has 1 atom stereocenters. The van der Waals surface area contributed by atoms with E-state index in [1.54, 1.807) is 31.2 Å². The van der Waals surface area contributed by atoms with E-state index in [2.05, 4.69) is 5.32 Å². The minimum Gasteiger partial charge on any atom is -0.319 e. The lowest BCUT2D eigenvalue weighted by molar-refractivity contribution is -0.132. The summed E-state index contributed by atoms with van der Waals surface area (Å²) in [5.41, 5.74) is 0.625. The minimum atomic E-state index is -3.58. The van der Waals surface area contributed by atoms with Crippen LogP contribution in [0.2, 0.25) is 0 Å². The molecule has 2 aliphatic heterocycles. The van der Waals surface area contributed by atoms with Crippen LogP contribution in [-0.4, -0.2) is 67.3 Å². The molecule has 170 valence electrons. The van der Waals surface area contributed by atoms with Crippen molar-refractivity contribution in [1.82, 2.24) is 19.4 Å². The lowest BCUT2D eigenvalue weighted by Crippen LogP contribution is -2.45. The summed E-state index contributed by atoms with van der Waals surface area (Å²) in [4.78, 5) is 29.2. The van der Waals surface area contributed by atoms with Gasteiger partial charge in [0.15, 0.2) is 0 Å². The van der Waals surface area contributed by atoms with Gasteiger partial charge in [0, 0.05) is 26.2 Å². The van der Waals surface area contributed by atoms with E-state index in [0.29, 0.717) is 32.6 Å². The molecule has 2 aromatic carbocycles. The van der Waals surface area contributed by atoms with Crippen LogP contribution in [0.5, 0.6) is 0 Å². The SMILES string of the molecule is Cc1ccc(S(=O)(=O)N2CCCN(CN3C(=O)N[C@](C)(c4ccccc4)C3=O)CC2)cc1. The third-order valence-corrected chi connectivity index (χ3v) is 8.09. The lowest BCUT2D eigenvalue weighted by Gasteiger charge is -2.26. The number of hydrogen-bond acceptors (Lipinski definition) is 5. The Balaban J connectivity index is 1.44. The molecule has 0 spiro atoms. The summed E-state index contributed by atoms with van der Waals surface area (Å²) in [5, 5.41) is 2.82. The first-order chi connectivity index (χ1) is 15.2. The van der Waals surface area contributed by atoms with E-state index >= 15 is 0 Å². The average Bonchev–Trinajstić information content (AvgIpc) is 2.94. The summed E-state index contributed by atoms with van der Waals surface area (Å²) in [7, 11) is -3.58. The van der Waals surface area contributed by atoms with Crippen molar-refractivity contribution in [1.29, 1.82) is 0 Å². The van der Waals surface area contributed by atoms with Crippen molar-refractivity contribution in [2.24, 2.45) is 0 Å². The Morgan fingerprint density at radius 3 is 2.31 bits per heavy atom. The fourth-order valence-corrected chi connectivity index (χ4v) is 5.65. The molecule has 3 amide bonds. The highest BCUT2D eigenvalue weighted by Gasteiger charge is 2.49. The molecule has 1 N–H and O–H groups in total. The average molecular weight is 457 g/mol. The van der Waals surface area contributed by atoms with E-state index < -0.39 is 21.6 Å². The van der Waals surface area contributed by atoms with Crippen LogP contribution in [-0.2, 0) is 20.4 Å². The second-order valence-corrected chi connectivity index (χ2v) is 10.4. The fourth-order valence-electron chi connectivity index (χ4n) is 4.18. The minimum absolute atomic E-state index is 0.130. The van der Waals surface area contributed by atoms with Gasteiger partial charge >= 0.3 is 6.03 Å². The Morgan fingerprint density at radius 2 is 1.62 bits per heavy atom. The third kappa shape index (κ3) is 4.15. The van der Waals surface area contributed by atoms with Gasteiger partial charge in [-0.3, -0.25) is 9.69 Å². The summed E-state index contributed by atoms with van der Waals surface area (Å²) in [6, 6.07) is 15.6. The van der Waals surface area contributed by atoms with Gasteiger partial charge in [-0.25, -0.2) is 18.1 Å². The summed E-state index contributed by atoms with van der Waals surface area (Å²) in [6.07, 6.45) is 0.616. The molecule has 4 rings (SSSR count). The maximum atomic E-state index is 13.1. The second kappa shape index (κ2) is 8.65. The van der Waals surface area contributed by atoms with Gasteiger partial charge in [0.05, 0.1) is 11.6 Å². The zero-order valence-corrected chi connectivity index (χ0v) is 19.1. The Morgan fingerprint density at radius 1 is 0.938 bits per heavy atom. The van der Waals surface area contributed by atoms with E-state index in [0.717, 1.165) is 11.1 Å². The van der Waals surface area contributed by atoms with E-state index in [1.807, 2.05) is 42.2 Å². The number of carbonyl (C=O) groups excluding carboxylic acids is 2. The number of rotatable bonds is 5. The normalized spacial score (nSPS) is 23.2. The number of sulfonamides is 1. The van der Waals surface area contributed by atoms with Gasteiger partial charge in [0.1, 0.15) is 5.54 Å². The number of nitrogens with one attached hydrogen (secondary N) is 1. The van der Waals surface area contributed by atoms with E-state index in [9.17, 15) is 18.0 Å². The quantitative estimate of drug-likeness (QED) is 0.696. The van der Waals surface area contributed by atoms with Crippen LogP contribution in [0, 0.1) is 6.92 Å². The number of imide groups is 1. The standard InChI is InChI=1S/C23H28N4O4S/c1-18-9-11-20(12-10-18)32(30,31)26-14-6-13-25(15-16-26)17-27-21(28)23(2,24-22(27)29)19-7-4-3-5-8-19/h3-5,7-12H,6,13-17H2,1-2H3,(H,24,29)/t23-/m1/s1. The van der Waals surface area contributed by atoms with Crippen molar-refractivity contribution >= 4 is 22.0 Å². The molecule has 8 nitrogen and oxygen atoms in total. The first-order valence-corrected chi connectivity index (χ1v) is 12.1. The molecule has 0 bridgehead atoms. The summed E-state index contributed by atoms with van der Waals surface area (Å²) in [6.45, 7) is 5.48. The molecule has 0 unspecified atom stereocenters. The van der Waals surface area contributed by atoms with Crippen LogP contribution >= 0.6 is 0 Å². The van der Waals surface area contributed by atoms with Crippen LogP contribution in [0.25, 0.3) is 0 Å². The largest absolute Gasteiger partial charge is 0.326 e. The maximum Gasteiger partial charge on any atom is 0.326 e. The van der Waals surface area contributed by atoms with Crippen LogP contribution in [0.1, 0.15) is 24.5 Å². The molecule has 2 fully saturated rings. The number of nitrogens with zero attached hydrogens (tertiary/aromatic N) is 3. The highest BCUT2D eigenvalue weighted by molar-refractivity contribution is 7.89. The first-order valence-electron chi connectivity index (χ1n) is 10.7. The van der Waals surface area contributed by atoms with Gasteiger partial charge in [-0.1, -0.05) is 48.0 Å². The number of aryl methyl sites for hydroxylation is 1. The maximum absolute atomic E-state index is 13.1. The summed E-state index contributed by atoms with van der Waals surface area (Å²) >= 11 is 0. The van der Waals surface area contributed by atoms with Gasteiger partial charge in [-0.05, 0) is 38.0 Å². The van der Waals surface area contributed by atoms with Crippen molar-refractivity contribution in [3.63, 3.8) is 0 Å². The predicted molar refractivity (Wildman–Crippen MR) is 120 cm³/mol. The first kappa shape index (κ1) is 22.4. The topological polar surface area (TPSA) is 90.0 Å². The molecular weight excluding hydrogens is 428 g/mol. The van der Waals surface area contributed by atoms with Gasteiger partial charge in [0.25, 0.3) is 5.91 Å². The monoisotopic (exact) mass is 456 g/mol. The van der Waals surface area contributed by atoms with Crippen molar-refractivity contribution in [3.05, 3.63) is 65.7 Å². The number of hydrogen-bond donors (Lipinski definition) is 1. The number of benzene rings is 2. The predicted octanol–water partition coefficient (Wildman–Crippen LogP) is 2.12. The molecule has 0 saturated carbocycles. The molecule has 2 saturated heterocycles. The van der Waals surface area contributed by atoms with E-state index in [4.69, 9.17) is 0 Å². The lowest BCUT2D eigenvalue weighted by atomic mass is 9.92. The Hall–Kier alpha value is -2.75. The van der Waals surface area contributed by atoms with Crippen molar-refractivity contribution in [2.45, 2.75) is 30.7 Å². The fraction of sp³-hybridized carbons (Fsp3) is 0.391. The zero-order valence-electron chi connectivity index (χ0n) is 18.3. The van der Waals surface area contributed by atoms with Crippen LogP contribution < -0.4 is 5.32 Å². The third-order valence-electron chi connectivity index (χ3n) is 6.17. The van der Waals surface area contributed by atoms with Gasteiger partial charge in [-0.15, -0.1) is 0 Å². The molecule has 2 heterocycles. The van der Waals surface area contributed by atoms with E-state index in [-0.39, 0.29) is 17.5 Å². The van der Waals surface area contributed by atoms with Gasteiger partial charge in [-0.2, -0.15) is 4.31 Å². The van der Waals surface area contributed by atoms with Crippen molar-refractivity contribution in [2.75, 3.05) is 32.8 Å². The molecular formula is C23H28N4O4S. The number of carbonyl (C=O) groups is 2. The highest BCUT2D eigenvalue weighted by Crippen LogP contribution is 2.29. The smallest absolute Gasteiger partial charge is 0.319 e. The molecule has 2 aliphatic rings. The zero-order chi connectivity index (χ0) is 22.9. The molecule has 0 aliphatic carbocycles. The summed E-state index contributed by atoms with van der Waals surface area (Å²) < 4.78 is 27.5. The van der Waals surface area contributed by atoms with Crippen LogP contribution in [0.3, 0.4) is 0 Å². The molecule has 2 aromatic rings. The molecule has 0 radical (unpaired) electrons. The Labute approximate surface area is 188 Å². The van der Waals surface area contributed by atoms with Gasteiger partial charge < -0.3 is 5.32 Å². The van der Waals surface area contributed by atoms with Crippen LogP contribution in [0.15, 0.2) is 59.5 Å². The Kier molecular flexibility index (Phi) is 6.07. The highest BCUT2D eigenvalue weighted by atomic mass is 32.2. The van der Waals surface area contributed by atoms with Gasteiger partial charge in [0.2, 0.25) is 10.0 Å². The molecule has 0 aromatic heterocycles. The molecule has 32 heavy (non-hydrogen) atoms. The Bertz CT molecular complexity index is 1100. The second-order valence-electron chi connectivity index (χ2n) is 8.48. The number of urea groups is 1. The summed E-state index contributed by atoms with van der Waals surface area (Å²) in [5.74, 6) is -0.304. The number of amides is 3.